The average Bonchev–Trinajstić information content (AvgIpc) is 2.25. The van der Waals surface area contributed by atoms with Crippen LogP contribution >= 0.6 is 11.8 Å². The van der Waals surface area contributed by atoms with Gasteiger partial charge in [-0.25, -0.2) is 0 Å². The van der Waals surface area contributed by atoms with Crippen LogP contribution in [0.3, 0.4) is 0 Å². The van der Waals surface area contributed by atoms with Crippen molar-refractivity contribution in [2.24, 2.45) is 5.73 Å². The predicted molar refractivity (Wildman–Crippen MR) is 71.5 cm³/mol. The molecule has 0 aromatic heterocycles. The molecule has 1 aromatic rings. The molecular formula is C13H19NO2S. The standard InChI is InChI=1S/C13H19NO2S/c1-13(2,3)9-4-6-10(7-5-9)17-8-11(14)12(15)16/h4-7,11H,8,14H2,1-3H3,(H,15,16). The number of carboxylic acid groups (broad SMARTS) is 1. The highest BCUT2D eigenvalue weighted by Gasteiger charge is 2.14. The van der Waals surface area contributed by atoms with Crippen molar-refractivity contribution < 1.29 is 9.90 Å². The summed E-state index contributed by atoms with van der Waals surface area (Å²) >= 11 is 1.47. The van der Waals surface area contributed by atoms with Crippen LogP contribution in [-0.4, -0.2) is 22.9 Å². The van der Waals surface area contributed by atoms with Gasteiger partial charge in [-0.2, -0.15) is 0 Å². The van der Waals surface area contributed by atoms with Crippen molar-refractivity contribution >= 4 is 17.7 Å². The van der Waals surface area contributed by atoms with Gasteiger partial charge in [0.15, 0.2) is 0 Å². The summed E-state index contributed by atoms with van der Waals surface area (Å²) in [6, 6.07) is 7.38. The van der Waals surface area contributed by atoms with Gasteiger partial charge in [-0.15, -0.1) is 11.8 Å². The molecule has 0 aliphatic carbocycles. The minimum atomic E-state index is -0.955. The molecule has 0 aliphatic rings. The van der Waals surface area contributed by atoms with E-state index in [1.54, 1.807) is 0 Å². The molecule has 3 N–H and O–H groups in total. The first kappa shape index (κ1) is 14.1. The van der Waals surface area contributed by atoms with Crippen LogP contribution in [0.2, 0.25) is 0 Å². The highest BCUT2D eigenvalue weighted by Crippen LogP contribution is 2.25. The maximum Gasteiger partial charge on any atom is 0.321 e. The Morgan fingerprint density at radius 1 is 1.35 bits per heavy atom. The summed E-state index contributed by atoms with van der Waals surface area (Å²) in [4.78, 5) is 11.6. The third-order valence-electron chi connectivity index (χ3n) is 2.47. The lowest BCUT2D eigenvalue weighted by Gasteiger charge is -2.19. The number of nitrogens with two attached hydrogens (primary N) is 1. The first-order chi connectivity index (χ1) is 7.80. The minimum absolute atomic E-state index is 0.140. The van der Waals surface area contributed by atoms with Gasteiger partial charge in [0.05, 0.1) is 0 Å². The molecule has 0 amide bonds. The smallest absolute Gasteiger partial charge is 0.321 e. The fraction of sp³-hybridized carbons (Fsp3) is 0.462. The summed E-state index contributed by atoms with van der Waals surface area (Å²) in [5, 5.41) is 8.67. The van der Waals surface area contributed by atoms with Gasteiger partial charge in [0.1, 0.15) is 6.04 Å². The van der Waals surface area contributed by atoms with Crippen LogP contribution in [0, 0.1) is 0 Å². The van der Waals surface area contributed by atoms with E-state index in [1.807, 2.05) is 12.1 Å². The third-order valence-corrected chi connectivity index (χ3v) is 3.60. The van der Waals surface area contributed by atoms with E-state index in [-0.39, 0.29) is 5.41 Å². The Balaban J connectivity index is 2.60. The maximum atomic E-state index is 10.6. The van der Waals surface area contributed by atoms with Crippen molar-refractivity contribution in [1.82, 2.24) is 0 Å². The molecule has 1 rings (SSSR count). The zero-order valence-electron chi connectivity index (χ0n) is 10.4. The molecule has 0 heterocycles. The third kappa shape index (κ3) is 4.40. The molecule has 0 fully saturated rings. The summed E-state index contributed by atoms with van der Waals surface area (Å²) in [5.41, 5.74) is 6.85. The second-order valence-electron chi connectivity index (χ2n) is 5.03. The van der Waals surface area contributed by atoms with Crippen LogP contribution in [0.1, 0.15) is 26.3 Å². The van der Waals surface area contributed by atoms with Gasteiger partial charge in [0.2, 0.25) is 0 Å². The van der Waals surface area contributed by atoms with Crippen LogP contribution in [0.15, 0.2) is 29.2 Å². The van der Waals surface area contributed by atoms with E-state index in [2.05, 4.69) is 32.9 Å². The van der Waals surface area contributed by atoms with E-state index in [0.29, 0.717) is 5.75 Å². The lowest BCUT2D eigenvalue weighted by molar-refractivity contribution is -0.137. The number of thioether (sulfide) groups is 1. The lowest BCUT2D eigenvalue weighted by atomic mass is 9.87. The second-order valence-corrected chi connectivity index (χ2v) is 6.12. The second kappa shape index (κ2) is 5.56. The number of hydrogen-bond acceptors (Lipinski definition) is 3. The molecule has 1 atom stereocenters. The molecule has 0 radical (unpaired) electrons. The lowest BCUT2D eigenvalue weighted by Crippen LogP contribution is -2.32. The van der Waals surface area contributed by atoms with E-state index in [0.717, 1.165) is 4.90 Å². The fourth-order valence-corrected chi connectivity index (χ4v) is 2.15. The Labute approximate surface area is 106 Å². The Kier molecular flexibility index (Phi) is 4.60. The number of rotatable bonds is 4. The Hall–Kier alpha value is -1.00. The zero-order valence-corrected chi connectivity index (χ0v) is 11.3. The van der Waals surface area contributed by atoms with Gasteiger partial charge in [-0.1, -0.05) is 32.9 Å². The molecule has 0 bridgehead atoms. The normalized spacial score (nSPS) is 13.4. The predicted octanol–water partition coefficient (Wildman–Crippen LogP) is 2.49. The molecule has 0 aliphatic heterocycles. The number of carbonyl (C=O) groups is 1. The first-order valence-corrected chi connectivity index (χ1v) is 6.51. The van der Waals surface area contributed by atoms with E-state index < -0.39 is 12.0 Å². The Morgan fingerprint density at radius 3 is 2.29 bits per heavy atom. The molecule has 3 nitrogen and oxygen atoms in total. The first-order valence-electron chi connectivity index (χ1n) is 5.52. The summed E-state index contributed by atoms with van der Waals surface area (Å²) in [5.74, 6) is -0.562. The highest BCUT2D eigenvalue weighted by molar-refractivity contribution is 7.99. The van der Waals surface area contributed by atoms with Gasteiger partial charge in [0, 0.05) is 10.6 Å². The van der Waals surface area contributed by atoms with Crippen molar-refractivity contribution in [2.75, 3.05) is 5.75 Å². The quantitative estimate of drug-likeness (QED) is 0.809. The molecule has 4 heteroatoms. The maximum absolute atomic E-state index is 10.6. The minimum Gasteiger partial charge on any atom is -0.480 e. The Morgan fingerprint density at radius 2 is 1.88 bits per heavy atom. The van der Waals surface area contributed by atoms with Crippen LogP contribution in [0.25, 0.3) is 0 Å². The van der Waals surface area contributed by atoms with Crippen molar-refractivity contribution in [3.05, 3.63) is 29.8 Å². The summed E-state index contributed by atoms with van der Waals surface area (Å²) in [7, 11) is 0. The van der Waals surface area contributed by atoms with E-state index >= 15 is 0 Å². The zero-order chi connectivity index (χ0) is 13.1. The SMILES string of the molecule is CC(C)(C)c1ccc(SCC(N)C(=O)O)cc1. The van der Waals surface area contributed by atoms with Crippen LogP contribution in [-0.2, 0) is 10.2 Å². The molecule has 0 saturated carbocycles. The molecule has 1 aromatic carbocycles. The number of aliphatic carboxylic acids is 1. The van der Waals surface area contributed by atoms with E-state index in [4.69, 9.17) is 10.8 Å². The Bertz CT molecular complexity index is 381. The average molecular weight is 253 g/mol. The van der Waals surface area contributed by atoms with Crippen molar-refractivity contribution in [3.8, 4) is 0 Å². The summed E-state index contributed by atoms with van der Waals surface area (Å²) in [6.07, 6.45) is 0. The molecular weight excluding hydrogens is 234 g/mol. The number of benzene rings is 1. The highest BCUT2D eigenvalue weighted by atomic mass is 32.2. The number of hydrogen-bond donors (Lipinski definition) is 2. The van der Waals surface area contributed by atoms with Crippen LogP contribution in [0.5, 0.6) is 0 Å². The van der Waals surface area contributed by atoms with E-state index in [1.165, 1.54) is 17.3 Å². The number of carboxylic acids is 1. The molecule has 0 spiro atoms. The molecule has 0 saturated heterocycles. The van der Waals surface area contributed by atoms with Crippen molar-refractivity contribution in [2.45, 2.75) is 37.1 Å². The van der Waals surface area contributed by atoms with Gasteiger partial charge < -0.3 is 10.8 Å². The van der Waals surface area contributed by atoms with Crippen molar-refractivity contribution in [3.63, 3.8) is 0 Å². The molecule has 17 heavy (non-hydrogen) atoms. The van der Waals surface area contributed by atoms with Gasteiger partial charge in [0.25, 0.3) is 0 Å². The van der Waals surface area contributed by atoms with Crippen molar-refractivity contribution in [1.29, 1.82) is 0 Å². The monoisotopic (exact) mass is 253 g/mol. The molecule has 1 unspecified atom stereocenters. The van der Waals surface area contributed by atoms with Crippen LogP contribution < -0.4 is 5.73 Å². The van der Waals surface area contributed by atoms with Gasteiger partial charge >= 0.3 is 5.97 Å². The fourth-order valence-electron chi connectivity index (χ4n) is 1.31. The molecule has 94 valence electrons. The van der Waals surface area contributed by atoms with Gasteiger partial charge in [-0.05, 0) is 23.1 Å². The van der Waals surface area contributed by atoms with Gasteiger partial charge in [-0.3, -0.25) is 4.79 Å². The largest absolute Gasteiger partial charge is 0.480 e. The van der Waals surface area contributed by atoms with E-state index in [9.17, 15) is 4.79 Å². The summed E-state index contributed by atoms with van der Waals surface area (Å²) < 4.78 is 0. The van der Waals surface area contributed by atoms with Crippen LogP contribution in [0.4, 0.5) is 0 Å². The summed E-state index contributed by atoms with van der Waals surface area (Å²) in [6.45, 7) is 6.49. The topological polar surface area (TPSA) is 63.3 Å².